The molecule has 2 rings (SSSR count). The standard InChI is InChI=1S/C13H13NO3/c1-3-11(16)9-7-10(8(2)15)14-6-4-5-12(17)13(9)14/h4-7,17H,3H2,1-2H3. The molecule has 1 N–H and O–H groups in total. The highest BCUT2D eigenvalue weighted by atomic mass is 16.3. The Morgan fingerprint density at radius 1 is 1.41 bits per heavy atom. The van der Waals surface area contributed by atoms with Gasteiger partial charge in [-0.25, -0.2) is 0 Å². The third-order valence-corrected chi connectivity index (χ3v) is 2.75. The molecule has 0 spiro atoms. The molecule has 0 aromatic carbocycles. The fourth-order valence-electron chi connectivity index (χ4n) is 1.91. The fraction of sp³-hybridized carbons (Fsp3) is 0.231. The Balaban J connectivity index is 2.85. The Labute approximate surface area is 98.5 Å². The number of nitrogens with zero attached hydrogens (tertiary/aromatic N) is 1. The van der Waals surface area contributed by atoms with Crippen molar-refractivity contribution in [3.63, 3.8) is 0 Å². The molecule has 0 aliphatic rings. The molecule has 88 valence electrons. The highest BCUT2D eigenvalue weighted by Gasteiger charge is 2.18. The van der Waals surface area contributed by atoms with E-state index in [1.54, 1.807) is 29.7 Å². The molecule has 4 nitrogen and oxygen atoms in total. The first-order valence-corrected chi connectivity index (χ1v) is 5.43. The van der Waals surface area contributed by atoms with Crippen molar-refractivity contribution in [3.05, 3.63) is 35.7 Å². The fourth-order valence-corrected chi connectivity index (χ4v) is 1.91. The lowest BCUT2D eigenvalue weighted by Gasteiger charge is -2.01. The number of hydrogen-bond acceptors (Lipinski definition) is 3. The minimum absolute atomic E-state index is 0.0109. The van der Waals surface area contributed by atoms with Crippen molar-refractivity contribution in [2.24, 2.45) is 0 Å². The molecule has 17 heavy (non-hydrogen) atoms. The van der Waals surface area contributed by atoms with Crippen LogP contribution in [0.25, 0.3) is 5.52 Å². The SMILES string of the molecule is CCC(=O)c1cc(C(C)=O)n2cccc(O)c12. The Morgan fingerprint density at radius 2 is 2.12 bits per heavy atom. The summed E-state index contributed by atoms with van der Waals surface area (Å²) < 4.78 is 1.56. The maximum Gasteiger partial charge on any atom is 0.176 e. The van der Waals surface area contributed by atoms with Crippen molar-refractivity contribution < 1.29 is 14.7 Å². The van der Waals surface area contributed by atoms with E-state index in [-0.39, 0.29) is 17.3 Å². The summed E-state index contributed by atoms with van der Waals surface area (Å²) >= 11 is 0. The summed E-state index contributed by atoms with van der Waals surface area (Å²) in [6, 6.07) is 4.68. The number of ketones is 2. The van der Waals surface area contributed by atoms with Gasteiger partial charge in [0.2, 0.25) is 0 Å². The number of carbonyl (C=O) groups is 2. The Bertz CT molecular complexity index is 610. The van der Waals surface area contributed by atoms with Crippen LogP contribution < -0.4 is 0 Å². The second kappa shape index (κ2) is 4.05. The second-order valence-corrected chi connectivity index (χ2v) is 3.89. The summed E-state index contributed by atoms with van der Waals surface area (Å²) in [5.41, 5.74) is 1.22. The van der Waals surface area contributed by atoms with Crippen molar-refractivity contribution in [2.45, 2.75) is 20.3 Å². The minimum atomic E-state index is -0.138. The third kappa shape index (κ3) is 1.71. The summed E-state index contributed by atoms with van der Waals surface area (Å²) in [4.78, 5) is 23.3. The first-order valence-electron chi connectivity index (χ1n) is 5.43. The molecule has 2 heterocycles. The van der Waals surface area contributed by atoms with E-state index in [1.807, 2.05) is 0 Å². The van der Waals surface area contributed by atoms with Crippen LogP contribution in [-0.2, 0) is 0 Å². The Hall–Kier alpha value is -2.10. The second-order valence-electron chi connectivity index (χ2n) is 3.89. The van der Waals surface area contributed by atoms with E-state index in [0.29, 0.717) is 23.2 Å². The maximum absolute atomic E-state index is 11.8. The zero-order chi connectivity index (χ0) is 12.6. The van der Waals surface area contributed by atoms with Crippen LogP contribution in [0.3, 0.4) is 0 Å². The monoisotopic (exact) mass is 231 g/mol. The predicted octanol–water partition coefficient (Wildman–Crippen LogP) is 2.44. The summed E-state index contributed by atoms with van der Waals surface area (Å²) in [6.07, 6.45) is 2.00. The van der Waals surface area contributed by atoms with Gasteiger partial charge in [-0.2, -0.15) is 0 Å². The number of carbonyl (C=O) groups excluding carboxylic acids is 2. The third-order valence-electron chi connectivity index (χ3n) is 2.75. The molecule has 0 radical (unpaired) electrons. The highest BCUT2D eigenvalue weighted by molar-refractivity contribution is 6.07. The summed E-state index contributed by atoms with van der Waals surface area (Å²) in [5, 5.41) is 9.81. The van der Waals surface area contributed by atoms with E-state index in [0.717, 1.165) is 0 Å². The number of Topliss-reactive ketones (excluding diaryl/α,β-unsaturated/α-hetero) is 2. The molecular weight excluding hydrogens is 218 g/mol. The van der Waals surface area contributed by atoms with Gasteiger partial charge in [0.15, 0.2) is 11.6 Å². The number of pyridine rings is 1. The molecule has 0 saturated heterocycles. The molecule has 4 heteroatoms. The molecule has 0 bridgehead atoms. The quantitative estimate of drug-likeness (QED) is 0.825. The highest BCUT2D eigenvalue weighted by Crippen LogP contribution is 2.26. The van der Waals surface area contributed by atoms with Crippen molar-refractivity contribution in [2.75, 3.05) is 0 Å². The van der Waals surface area contributed by atoms with Crippen molar-refractivity contribution in [3.8, 4) is 5.75 Å². The molecule has 0 aliphatic heterocycles. The van der Waals surface area contributed by atoms with Gasteiger partial charge in [0.1, 0.15) is 5.75 Å². The zero-order valence-electron chi connectivity index (χ0n) is 9.73. The normalized spacial score (nSPS) is 10.7. The molecule has 0 unspecified atom stereocenters. The van der Waals surface area contributed by atoms with E-state index in [1.165, 1.54) is 13.0 Å². The number of hydrogen-bond donors (Lipinski definition) is 1. The van der Waals surface area contributed by atoms with Crippen molar-refractivity contribution in [1.82, 2.24) is 4.40 Å². The van der Waals surface area contributed by atoms with Crippen molar-refractivity contribution >= 4 is 17.1 Å². The van der Waals surface area contributed by atoms with Gasteiger partial charge in [0.25, 0.3) is 0 Å². The van der Waals surface area contributed by atoms with Crippen LogP contribution >= 0.6 is 0 Å². The molecular formula is C13H13NO3. The average Bonchev–Trinajstić information content (AvgIpc) is 2.69. The zero-order valence-corrected chi connectivity index (χ0v) is 9.73. The van der Waals surface area contributed by atoms with Gasteiger partial charge in [-0.3, -0.25) is 9.59 Å². The summed E-state index contributed by atoms with van der Waals surface area (Å²) in [5.74, 6) is -0.214. The predicted molar refractivity (Wildman–Crippen MR) is 63.7 cm³/mol. The average molecular weight is 231 g/mol. The number of aromatic hydroxyl groups is 1. The van der Waals surface area contributed by atoms with Gasteiger partial charge in [-0.15, -0.1) is 0 Å². The van der Waals surface area contributed by atoms with Gasteiger partial charge < -0.3 is 9.51 Å². The van der Waals surface area contributed by atoms with Crippen LogP contribution in [-0.4, -0.2) is 21.1 Å². The molecule has 0 saturated carbocycles. The van der Waals surface area contributed by atoms with E-state index >= 15 is 0 Å². The van der Waals surface area contributed by atoms with E-state index in [2.05, 4.69) is 0 Å². The van der Waals surface area contributed by atoms with Crippen LogP contribution in [0.4, 0.5) is 0 Å². The van der Waals surface area contributed by atoms with Gasteiger partial charge in [0.05, 0.1) is 11.2 Å². The van der Waals surface area contributed by atoms with Gasteiger partial charge in [0, 0.05) is 25.1 Å². The molecule has 2 aromatic rings. The van der Waals surface area contributed by atoms with Crippen LogP contribution in [0.1, 0.15) is 41.1 Å². The molecule has 0 fully saturated rings. The van der Waals surface area contributed by atoms with Crippen molar-refractivity contribution in [1.29, 1.82) is 0 Å². The van der Waals surface area contributed by atoms with Crippen LogP contribution in [0, 0.1) is 0 Å². The topological polar surface area (TPSA) is 58.8 Å². The first-order chi connectivity index (χ1) is 8.06. The molecule has 0 aliphatic carbocycles. The first kappa shape index (κ1) is 11.4. The number of fused-ring (bicyclic) bond motifs is 1. The lowest BCUT2D eigenvalue weighted by atomic mass is 10.1. The largest absolute Gasteiger partial charge is 0.506 e. The van der Waals surface area contributed by atoms with Gasteiger partial charge in [-0.05, 0) is 18.2 Å². The Kier molecular flexibility index (Phi) is 2.71. The van der Waals surface area contributed by atoms with E-state index < -0.39 is 0 Å². The van der Waals surface area contributed by atoms with Gasteiger partial charge in [-0.1, -0.05) is 6.92 Å². The Morgan fingerprint density at radius 3 is 2.71 bits per heavy atom. The lowest BCUT2D eigenvalue weighted by molar-refractivity contribution is 0.0989. The van der Waals surface area contributed by atoms with Gasteiger partial charge >= 0.3 is 0 Å². The maximum atomic E-state index is 11.8. The van der Waals surface area contributed by atoms with E-state index in [9.17, 15) is 14.7 Å². The van der Waals surface area contributed by atoms with E-state index in [4.69, 9.17) is 0 Å². The van der Waals surface area contributed by atoms with Crippen LogP contribution in [0.15, 0.2) is 24.4 Å². The summed E-state index contributed by atoms with van der Waals surface area (Å²) in [7, 11) is 0. The number of aromatic nitrogens is 1. The lowest BCUT2D eigenvalue weighted by Crippen LogP contribution is -1.97. The molecule has 0 amide bonds. The smallest absolute Gasteiger partial charge is 0.176 e. The molecule has 2 aromatic heterocycles. The number of rotatable bonds is 3. The van der Waals surface area contributed by atoms with Crippen LogP contribution in [0.5, 0.6) is 5.75 Å². The molecule has 0 atom stereocenters. The van der Waals surface area contributed by atoms with Crippen LogP contribution in [0.2, 0.25) is 0 Å². The summed E-state index contributed by atoms with van der Waals surface area (Å²) in [6.45, 7) is 3.19. The minimum Gasteiger partial charge on any atom is -0.506 e.